The van der Waals surface area contributed by atoms with E-state index in [-0.39, 0.29) is 6.54 Å². The highest BCUT2D eigenvalue weighted by molar-refractivity contribution is 7.99. The van der Waals surface area contributed by atoms with Crippen LogP contribution in [0.25, 0.3) is 0 Å². The van der Waals surface area contributed by atoms with Crippen LogP contribution >= 0.6 is 11.8 Å². The minimum Gasteiger partial charge on any atom is -0.305 e. The molecule has 0 saturated heterocycles. The molecule has 0 unspecified atom stereocenters. The van der Waals surface area contributed by atoms with Gasteiger partial charge in [-0.15, -0.1) is 11.8 Å². The van der Waals surface area contributed by atoms with Crippen LogP contribution in [0.2, 0.25) is 0 Å². The molecular formula is C12H16F3NS. The van der Waals surface area contributed by atoms with Crippen molar-refractivity contribution in [3.05, 3.63) is 30.3 Å². The fourth-order valence-corrected chi connectivity index (χ4v) is 2.25. The highest BCUT2D eigenvalue weighted by atomic mass is 32.2. The van der Waals surface area contributed by atoms with E-state index >= 15 is 0 Å². The molecule has 0 aliphatic carbocycles. The molecule has 0 amide bonds. The lowest BCUT2D eigenvalue weighted by Crippen LogP contribution is -2.26. The second-order valence-electron chi connectivity index (χ2n) is 3.83. The Kier molecular flexibility index (Phi) is 5.85. The van der Waals surface area contributed by atoms with Crippen molar-refractivity contribution in [1.82, 2.24) is 4.90 Å². The van der Waals surface area contributed by atoms with Crippen LogP contribution in [0.3, 0.4) is 0 Å². The van der Waals surface area contributed by atoms with Crippen molar-refractivity contribution in [2.45, 2.75) is 17.5 Å². The smallest absolute Gasteiger partial charge is 0.305 e. The van der Waals surface area contributed by atoms with Crippen LogP contribution in [0, 0.1) is 0 Å². The number of benzene rings is 1. The van der Waals surface area contributed by atoms with Crippen molar-refractivity contribution in [3.8, 4) is 0 Å². The molecule has 0 heterocycles. The molecule has 0 bridgehead atoms. The normalized spacial score (nSPS) is 12.1. The Balaban J connectivity index is 2.14. The SMILES string of the molecule is CN(CCSc1ccccc1)CCC(F)(F)F. The minimum atomic E-state index is -4.05. The molecule has 1 rings (SSSR count). The number of halogens is 3. The van der Waals surface area contributed by atoms with Crippen LogP contribution in [0.1, 0.15) is 6.42 Å². The van der Waals surface area contributed by atoms with Gasteiger partial charge in [0.05, 0.1) is 6.42 Å². The van der Waals surface area contributed by atoms with E-state index in [1.165, 1.54) is 0 Å². The second-order valence-corrected chi connectivity index (χ2v) is 5.00. The Hall–Kier alpha value is -0.680. The monoisotopic (exact) mass is 263 g/mol. The topological polar surface area (TPSA) is 3.24 Å². The molecular weight excluding hydrogens is 247 g/mol. The van der Waals surface area contributed by atoms with Crippen LogP contribution in [0.5, 0.6) is 0 Å². The summed E-state index contributed by atoms with van der Waals surface area (Å²) < 4.78 is 35.9. The van der Waals surface area contributed by atoms with Crippen LogP contribution in [-0.4, -0.2) is 37.0 Å². The molecule has 0 aliphatic rings. The number of nitrogens with zero attached hydrogens (tertiary/aromatic N) is 1. The molecule has 0 aromatic heterocycles. The van der Waals surface area contributed by atoms with Gasteiger partial charge in [0.2, 0.25) is 0 Å². The molecule has 0 N–H and O–H groups in total. The van der Waals surface area contributed by atoms with Crippen molar-refractivity contribution < 1.29 is 13.2 Å². The molecule has 17 heavy (non-hydrogen) atoms. The highest BCUT2D eigenvalue weighted by Crippen LogP contribution is 2.20. The Bertz CT molecular complexity index is 313. The van der Waals surface area contributed by atoms with Gasteiger partial charge in [-0.25, -0.2) is 0 Å². The van der Waals surface area contributed by atoms with Gasteiger partial charge >= 0.3 is 6.18 Å². The maximum absolute atomic E-state index is 12.0. The summed E-state index contributed by atoms with van der Waals surface area (Å²) in [6.07, 6.45) is -4.79. The lowest BCUT2D eigenvalue weighted by atomic mass is 10.4. The minimum absolute atomic E-state index is 0.0683. The lowest BCUT2D eigenvalue weighted by molar-refractivity contribution is -0.137. The van der Waals surface area contributed by atoms with Gasteiger partial charge in [0.25, 0.3) is 0 Å². The van der Waals surface area contributed by atoms with E-state index in [2.05, 4.69) is 0 Å². The molecule has 1 aromatic rings. The first-order valence-corrected chi connectivity index (χ1v) is 6.39. The number of hydrogen-bond donors (Lipinski definition) is 0. The van der Waals surface area contributed by atoms with Gasteiger partial charge in [0.15, 0.2) is 0 Å². The average molecular weight is 263 g/mol. The summed E-state index contributed by atoms with van der Waals surface area (Å²) in [4.78, 5) is 2.86. The van der Waals surface area contributed by atoms with E-state index < -0.39 is 12.6 Å². The summed E-state index contributed by atoms with van der Waals surface area (Å²) in [7, 11) is 1.72. The first-order chi connectivity index (χ1) is 7.97. The maximum atomic E-state index is 12.0. The van der Waals surface area contributed by atoms with Crippen molar-refractivity contribution in [1.29, 1.82) is 0 Å². The third-order valence-corrected chi connectivity index (χ3v) is 3.25. The van der Waals surface area contributed by atoms with Crippen molar-refractivity contribution >= 4 is 11.8 Å². The summed E-state index contributed by atoms with van der Waals surface area (Å²) in [5.74, 6) is 0.804. The van der Waals surface area contributed by atoms with Crippen LogP contribution in [0.4, 0.5) is 13.2 Å². The molecule has 1 aromatic carbocycles. The summed E-state index contributed by atoms with van der Waals surface area (Å²) in [5, 5.41) is 0. The van der Waals surface area contributed by atoms with Crippen LogP contribution < -0.4 is 0 Å². The van der Waals surface area contributed by atoms with Gasteiger partial charge in [-0.3, -0.25) is 0 Å². The van der Waals surface area contributed by atoms with Gasteiger partial charge in [-0.1, -0.05) is 18.2 Å². The first-order valence-electron chi connectivity index (χ1n) is 5.40. The Morgan fingerprint density at radius 3 is 2.35 bits per heavy atom. The van der Waals surface area contributed by atoms with Gasteiger partial charge in [-0.05, 0) is 19.2 Å². The summed E-state index contributed by atoms with van der Waals surface area (Å²) in [5.41, 5.74) is 0. The molecule has 0 aliphatic heterocycles. The number of hydrogen-bond acceptors (Lipinski definition) is 2. The van der Waals surface area contributed by atoms with E-state index in [1.54, 1.807) is 23.7 Å². The summed E-state index contributed by atoms with van der Waals surface area (Å²) in [6, 6.07) is 9.85. The summed E-state index contributed by atoms with van der Waals surface area (Å²) in [6.45, 7) is 0.731. The molecule has 1 nitrogen and oxygen atoms in total. The Labute approximate surface area is 104 Å². The first kappa shape index (κ1) is 14.4. The number of alkyl halides is 3. The average Bonchev–Trinajstić information content (AvgIpc) is 2.27. The number of thioether (sulfide) groups is 1. The third kappa shape index (κ3) is 7.28. The molecule has 0 atom stereocenters. The van der Waals surface area contributed by atoms with Gasteiger partial charge in [-0.2, -0.15) is 13.2 Å². The lowest BCUT2D eigenvalue weighted by Gasteiger charge is -2.17. The maximum Gasteiger partial charge on any atom is 0.390 e. The third-order valence-electron chi connectivity index (χ3n) is 2.26. The molecule has 0 spiro atoms. The fraction of sp³-hybridized carbons (Fsp3) is 0.500. The Morgan fingerprint density at radius 1 is 1.12 bits per heavy atom. The van der Waals surface area contributed by atoms with Crippen molar-refractivity contribution in [2.75, 3.05) is 25.9 Å². The zero-order chi connectivity index (χ0) is 12.7. The van der Waals surface area contributed by atoms with E-state index in [0.29, 0.717) is 6.54 Å². The predicted octanol–water partition coefficient (Wildman–Crippen LogP) is 3.66. The number of rotatable bonds is 6. The largest absolute Gasteiger partial charge is 0.390 e. The zero-order valence-electron chi connectivity index (χ0n) is 9.70. The molecule has 0 radical (unpaired) electrons. The standard InChI is InChI=1S/C12H16F3NS/c1-16(8-7-12(13,14)15)9-10-17-11-5-3-2-4-6-11/h2-6H,7-10H2,1H3. The highest BCUT2D eigenvalue weighted by Gasteiger charge is 2.26. The fourth-order valence-electron chi connectivity index (χ4n) is 1.27. The molecule has 5 heteroatoms. The predicted molar refractivity (Wildman–Crippen MR) is 65.3 cm³/mol. The second kappa shape index (κ2) is 6.91. The van der Waals surface area contributed by atoms with Gasteiger partial charge < -0.3 is 4.90 Å². The molecule has 0 saturated carbocycles. The van der Waals surface area contributed by atoms with Gasteiger partial charge in [0, 0.05) is 23.7 Å². The zero-order valence-corrected chi connectivity index (χ0v) is 10.5. The molecule has 96 valence electrons. The van der Waals surface area contributed by atoms with Crippen molar-refractivity contribution in [2.24, 2.45) is 0 Å². The quantitative estimate of drug-likeness (QED) is 0.721. The molecule has 0 fully saturated rings. The van der Waals surface area contributed by atoms with E-state index in [1.807, 2.05) is 30.3 Å². The van der Waals surface area contributed by atoms with E-state index in [9.17, 15) is 13.2 Å². The van der Waals surface area contributed by atoms with E-state index in [4.69, 9.17) is 0 Å². The Morgan fingerprint density at radius 2 is 1.76 bits per heavy atom. The van der Waals surface area contributed by atoms with Gasteiger partial charge in [0.1, 0.15) is 0 Å². The summed E-state index contributed by atoms with van der Waals surface area (Å²) >= 11 is 1.66. The van der Waals surface area contributed by atoms with Crippen LogP contribution in [-0.2, 0) is 0 Å². The van der Waals surface area contributed by atoms with Crippen LogP contribution in [0.15, 0.2) is 35.2 Å². The van der Waals surface area contributed by atoms with Crippen molar-refractivity contribution in [3.63, 3.8) is 0 Å². The van der Waals surface area contributed by atoms with E-state index in [0.717, 1.165) is 10.6 Å².